The highest BCUT2D eigenvalue weighted by atomic mass is 127. The van der Waals surface area contributed by atoms with Crippen molar-refractivity contribution in [2.24, 2.45) is 5.73 Å². The first kappa shape index (κ1) is 21.1. The molecule has 1 aliphatic heterocycles. The van der Waals surface area contributed by atoms with Gasteiger partial charge in [0.05, 0.1) is 3.57 Å². The van der Waals surface area contributed by atoms with E-state index in [-0.39, 0.29) is 17.7 Å². The van der Waals surface area contributed by atoms with Gasteiger partial charge in [-0.25, -0.2) is 15.3 Å². The standard InChI is InChI=1S/C18H27IN4O3/c1-18(2,20)8-9-21-17-14(19)11-13(12-22-17)6-7-15(24)23-26-16-5-3-4-10-25-16/h6-7,11-12,16H,3-5,8-10,20H2,1-2H3,(H,21,22)(H,23,24)/b7-6+. The summed E-state index contributed by atoms with van der Waals surface area (Å²) in [4.78, 5) is 21.5. The van der Waals surface area contributed by atoms with Crippen molar-refractivity contribution >= 4 is 40.4 Å². The van der Waals surface area contributed by atoms with Gasteiger partial charge in [0.15, 0.2) is 6.29 Å². The SMILES string of the molecule is CC(C)(N)CCNc1ncc(/C=C/C(=O)NOC2CCCCO2)cc1I. The first-order chi connectivity index (χ1) is 12.3. The second-order valence-electron chi connectivity index (χ2n) is 6.98. The Hall–Kier alpha value is -1.23. The number of carbonyl (C=O) groups excluding carboxylic acids is 1. The van der Waals surface area contributed by atoms with Gasteiger partial charge in [0.1, 0.15) is 5.82 Å². The number of hydrogen-bond donors (Lipinski definition) is 3. The van der Waals surface area contributed by atoms with Crippen LogP contribution in [0, 0.1) is 3.57 Å². The number of hydrogen-bond acceptors (Lipinski definition) is 6. The number of carbonyl (C=O) groups is 1. The van der Waals surface area contributed by atoms with Gasteiger partial charge in [0.2, 0.25) is 0 Å². The third-order valence-corrected chi connectivity index (χ3v) is 4.60. The van der Waals surface area contributed by atoms with Crippen LogP contribution < -0.4 is 16.5 Å². The van der Waals surface area contributed by atoms with Crippen molar-refractivity contribution in [1.82, 2.24) is 10.5 Å². The van der Waals surface area contributed by atoms with E-state index in [2.05, 4.69) is 38.4 Å². The number of nitrogens with zero attached hydrogens (tertiary/aromatic N) is 1. The number of aromatic nitrogens is 1. The van der Waals surface area contributed by atoms with E-state index in [1.54, 1.807) is 12.3 Å². The van der Waals surface area contributed by atoms with Gasteiger partial charge in [0, 0.05) is 37.4 Å². The molecule has 1 unspecified atom stereocenters. The van der Waals surface area contributed by atoms with Crippen molar-refractivity contribution in [1.29, 1.82) is 0 Å². The molecule has 0 saturated carbocycles. The van der Waals surface area contributed by atoms with Gasteiger partial charge in [-0.2, -0.15) is 0 Å². The number of pyridine rings is 1. The van der Waals surface area contributed by atoms with Crippen molar-refractivity contribution in [2.45, 2.75) is 51.4 Å². The van der Waals surface area contributed by atoms with Crippen LogP contribution >= 0.6 is 22.6 Å². The van der Waals surface area contributed by atoms with Crippen LogP contribution in [0.5, 0.6) is 0 Å². The molecule has 1 aromatic heterocycles. The van der Waals surface area contributed by atoms with E-state index in [0.29, 0.717) is 6.61 Å². The number of anilines is 1. The van der Waals surface area contributed by atoms with Crippen LogP contribution in [0.15, 0.2) is 18.3 Å². The lowest BCUT2D eigenvalue weighted by Gasteiger charge is -2.21. The van der Waals surface area contributed by atoms with E-state index in [4.69, 9.17) is 15.3 Å². The Morgan fingerprint density at radius 1 is 1.54 bits per heavy atom. The van der Waals surface area contributed by atoms with E-state index in [0.717, 1.165) is 47.2 Å². The molecule has 1 fully saturated rings. The first-order valence-corrected chi connectivity index (χ1v) is 9.85. The summed E-state index contributed by atoms with van der Waals surface area (Å²) in [7, 11) is 0. The lowest BCUT2D eigenvalue weighted by molar-refractivity contribution is -0.198. The zero-order chi connectivity index (χ0) is 19.0. The normalized spacial score (nSPS) is 18.1. The van der Waals surface area contributed by atoms with Crippen LogP contribution in [-0.2, 0) is 14.4 Å². The average molecular weight is 474 g/mol. The highest BCUT2D eigenvalue weighted by Crippen LogP contribution is 2.18. The molecular formula is C18H27IN4O3. The zero-order valence-electron chi connectivity index (χ0n) is 15.3. The molecule has 7 nitrogen and oxygen atoms in total. The average Bonchev–Trinajstić information content (AvgIpc) is 2.60. The largest absolute Gasteiger partial charge is 0.369 e. The molecule has 1 aliphatic rings. The summed E-state index contributed by atoms with van der Waals surface area (Å²) in [6.07, 6.45) is 8.19. The molecule has 1 aromatic rings. The summed E-state index contributed by atoms with van der Waals surface area (Å²) in [5.41, 5.74) is 9.00. The summed E-state index contributed by atoms with van der Waals surface area (Å²) in [6, 6.07) is 1.96. The summed E-state index contributed by atoms with van der Waals surface area (Å²) in [6.45, 7) is 5.42. The molecule has 2 rings (SSSR count). The number of halogens is 1. The molecule has 1 amide bonds. The molecule has 1 atom stereocenters. The second-order valence-corrected chi connectivity index (χ2v) is 8.14. The predicted molar refractivity (Wildman–Crippen MR) is 110 cm³/mol. The maximum atomic E-state index is 11.8. The van der Waals surface area contributed by atoms with E-state index in [9.17, 15) is 4.79 Å². The van der Waals surface area contributed by atoms with E-state index in [1.165, 1.54) is 6.08 Å². The van der Waals surface area contributed by atoms with Crippen LogP contribution in [0.2, 0.25) is 0 Å². The van der Waals surface area contributed by atoms with Crippen LogP contribution in [-0.4, -0.2) is 35.9 Å². The lowest BCUT2D eigenvalue weighted by atomic mass is 10.0. The predicted octanol–water partition coefficient (Wildman–Crippen LogP) is 2.81. The third kappa shape index (κ3) is 7.98. The molecule has 0 bridgehead atoms. The monoisotopic (exact) mass is 474 g/mol. The quantitative estimate of drug-likeness (QED) is 0.305. The van der Waals surface area contributed by atoms with Crippen molar-refractivity contribution < 1.29 is 14.4 Å². The Bertz CT molecular complexity index is 625. The number of nitrogens with two attached hydrogens (primary N) is 1. The molecular weight excluding hydrogens is 447 g/mol. The summed E-state index contributed by atoms with van der Waals surface area (Å²) >= 11 is 2.22. The van der Waals surface area contributed by atoms with Gasteiger partial charge in [0.25, 0.3) is 5.91 Å². The smallest absolute Gasteiger partial charge is 0.267 e. The molecule has 0 radical (unpaired) electrons. The topological polar surface area (TPSA) is 98.5 Å². The minimum atomic E-state index is -0.354. The van der Waals surface area contributed by atoms with Crippen molar-refractivity contribution in [3.63, 3.8) is 0 Å². The third-order valence-electron chi connectivity index (χ3n) is 3.78. The van der Waals surface area contributed by atoms with Crippen molar-refractivity contribution in [2.75, 3.05) is 18.5 Å². The van der Waals surface area contributed by atoms with E-state index < -0.39 is 0 Å². The number of ether oxygens (including phenoxy) is 1. The maximum Gasteiger partial charge on any atom is 0.267 e. The van der Waals surface area contributed by atoms with Crippen LogP contribution in [0.1, 0.15) is 45.1 Å². The Labute approximate surface area is 168 Å². The summed E-state index contributed by atoms with van der Waals surface area (Å²) in [5, 5.41) is 3.28. The molecule has 0 aromatic carbocycles. The van der Waals surface area contributed by atoms with Gasteiger partial charge in [-0.15, -0.1) is 0 Å². The van der Waals surface area contributed by atoms with Crippen LogP contribution in [0.3, 0.4) is 0 Å². The Morgan fingerprint density at radius 3 is 3.00 bits per heavy atom. The van der Waals surface area contributed by atoms with Crippen molar-refractivity contribution in [3.05, 3.63) is 27.5 Å². The molecule has 0 spiro atoms. The van der Waals surface area contributed by atoms with Crippen LogP contribution in [0.25, 0.3) is 6.08 Å². The van der Waals surface area contributed by atoms with Gasteiger partial charge >= 0.3 is 0 Å². The molecule has 26 heavy (non-hydrogen) atoms. The van der Waals surface area contributed by atoms with Gasteiger partial charge in [-0.3, -0.25) is 4.79 Å². The molecule has 144 valence electrons. The fourth-order valence-corrected chi connectivity index (χ4v) is 3.00. The Morgan fingerprint density at radius 2 is 2.35 bits per heavy atom. The van der Waals surface area contributed by atoms with Crippen molar-refractivity contribution in [3.8, 4) is 0 Å². The van der Waals surface area contributed by atoms with Gasteiger partial charge in [-0.1, -0.05) is 0 Å². The zero-order valence-corrected chi connectivity index (χ0v) is 17.4. The fraction of sp³-hybridized carbons (Fsp3) is 0.556. The number of amides is 1. The first-order valence-electron chi connectivity index (χ1n) is 8.77. The minimum Gasteiger partial charge on any atom is -0.369 e. The van der Waals surface area contributed by atoms with Gasteiger partial charge in [-0.05, 0) is 73.4 Å². The maximum absolute atomic E-state index is 11.8. The molecule has 2 heterocycles. The molecule has 4 N–H and O–H groups in total. The summed E-state index contributed by atoms with van der Waals surface area (Å²) < 4.78 is 6.36. The second kappa shape index (κ2) is 10.2. The van der Waals surface area contributed by atoms with Crippen LogP contribution in [0.4, 0.5) is 5.82 Å². The van der Waals surface area contributed by atoms with E-state index in [1.807, 2.05) is 19.9 Å². The highest BCUT2D eigenvalue weighted by molar-refractivity contribution is 14.1. The van der Waals surface area contributed by atoms with Gasteiger partial charge < -0.3 is 15.8 Å². The number of hydroxylamine groups is 1. The van der Waals surface area contributed by atoms with E-state index >= 15 is 0 Å². The minimum absolute atomic E-state index is 0.209. The molecule has 1 saturated heterocycles. The number of nitrogens with one attached hydrogen (secondary N) is 2. The Kier molecular flexibility index (Phi) is 8.26. The number of rotatable bonds is 8. The molecule has 8 heteroatoms. The molecule has 0 aliphatic carbocycles. The lowest BCUT2D eigenvalue weighted by Crippen LogP contribution is -2.34. The summed E-state index contributed by atoms with van der Waals surface area (Å²) in [5.74, 6) is 0.482. The fourth-order valence-electron chi connectivity index (χ4n) is 2.31. The highest BCUT2D eigenvalue weighted by Gasteiger charge is 2.15. The Balaban J connectivity index is 1.80.